The second-order valence-corrected chi connectivity index (χ2v) is 3.98. The number of hydrogen-bond donors (Lipinski definition) is 3. The van der Waals surface area contributed by atoms with Crippen molar-refractivity contribution in [3.05, 3.63) is 34.2 Å². The van der Waals surface area contributed by atoms with E-state index >= 15 is 0 Å². The highest BCUT2D eigenvalue weighted by Gasteiger charge is 2.15. The van der Waals surface area contributed by atoms with Gasteiger partial charge in [-0.2, -0.15) is 0 Å². The molecular weight excluding hydrogens is 236 g/mol. The molecule has 0 spiro atoms. The molecule has 0 atom stereocenters. The number of rotatable bonds is 2. The Hall–Kier alpha value is -2.57. The number of carbonyl (C=O) groups is 2. The van der Waals surface area contributed by atoms with Gasteiger partial charge >= 0.3 is 17.5 Å². The number of amides is 2. The molecule has 2 amide bonds. The third-order valence-corrected chi connectivity index (χ3v) is 2.56. The Bertz CT molecular complexity index is 670. The first-order valence-corrected chi connectivity index (χ1v) is 5.23. The molecule has 0 aliphatic carbocycles. The lowest BCUT2D eigenvalue weighted by atomic mass is 10.2. The van der Waals surface area contributed by atoms with E-state index in [4.69, 9.17) is 5.73 Å². The quantitative estimate of drug-likeness (QED) is 0.611. The van der Waals surface area contributed by atoms with Crippen molar-refractivity contribution in [2.24, 2.45) is 5.73 Å². The second kappa shape index (κ2) is 4.36. The van der Waals surface area contributed by atoms with E-state index in [2.05, 4.69) is 9.97 Å². The first kappa shape index (κ1) is 11.9. The number of fused-ring (bicyclic) bond motifs is 1. The predicted molar refractivity (Wildman–Crippen MR) is 64.6 cm³/mol. The van der Waals surface area contributed by atoms with Gasteiger partial charge in [0.2, 0.25) is 0 Å². The zero-order chi connectivity index (χ0) is 13.3. The van der Waals surface area contributed by atoms with Crippen molar-refractivity contribution >= 4 is 22.8 Å². The van der Waals surface area contributed by atoms with Crippen LogP contribution in [0.5, 0.6) is 0 Å². The van der Waals surface area contributed by atoms with Crippen molar-refractivity contribution in [3.63, 3.8) is 0 Å². The van der Waals surface area contributed by atoms with Crippen LogP contribution in [0.1, 0.15) is 5.56 Å². The number of primary amides is 1. The van der Waals surface area contributed by atoms with Gasteiger partial charge in [0.25, 0.3) is 0 Å². The van der Waals surface area contributed by atoms with E-state index < -0.39 is 11.8 Å². The molecule has 18 heavy (non-hydrogen) atoms. The first-order chi connectivity index (χ1) is 8.47. The highest BCUT2D eigenvalue weighted by molar-refractivity contribution is 6.34. The van der Waals surface area contributed by atoms with Gasteiger partial charge in [0.1, 0.15) is 0 Å². The van der Waals surface area contributed by atoms with Crippen LogP contribution in [0.2, 0.25) is 0 Å². The molecule has 0 bridgehead atoms. The van der Waals surface area contributed by atoms with Gasteiger partial charge < -0.3 is 20.6 Å². The Morgan fingerprint density at radius 1 is 1.28 bits per heavy atom. The van der Waals surface area contributed by atoms with Crippen molar-refractivity contribution in [2.75, 3.05) is 7.05 Å². The monoisotopic (exact) mass is 248 g/mol. The Morgan fingerprint density at radius 2 is 1.94 bits per heavy atom. The lowest BCUT2D eigenvalue weighted by molar-refractivity contribution is -0.143. The van der Waals surface area contributed by atoms with Gasteiger partial charge in [-0.3, -0.25) is 9.59 Å². The fourth-order valence-corrected chi connectivity index (χ4v) is 1.71. The molecule has 0 radical (unpaired) electrons. The summed E-state index contributed by atoms with van der Waals surface area (Å²) in [5, 5.41) is 0. The van der Waals surface area contributed by atoms with Crippen molar-refractivity contribution in [2.45, 2.75) is 6.54 Å². The molecule has 0 saturated heterocycles. The Labute approximate surface area is 102 Å². The minimum absolute atomic E-state index is 0.241. The number of H-pyrrole nitrogens is 2. The van der Waals surface area contributed by atoms with Crippen LogP contribution in [0.25, 0.3) is 11.0 Å². The van der Waals surface area contributed by atoms with Crippen molar-refractivity contribution in [1.82, 2.24) is 14.9 Å². The zero-order valence-corrected chi connectivity index (χ0v) is 9.69. The molecule has 7 heteroatoms. The molecular formula is C11H12N4O3. The zero-order valence-electron chi connectivity index (χ0n) is 9.69. The number of nitrogens with one attached hydrogen (secondary N) is 2. The van der Waals surface area contributed by atoms with E-state index in [0.717, 1.165) is 5.56 Å². The summed E-state index contributed by atoms with van der Waals surface area (Å²) >= 11 is 0. The highest BCUT2D eigenvalue weighted by Crippen LogP contribution is 2.11. The first-order valence-electron chi connectivity index (χ1n) is 5.23. The molecule has 1 aromatic carbocycles. The summed E-state index contributed by atoms with van der Waals surface area (Å²) in [5.74, 6) is -1.74. The molecule has 0 saturated carbocycles. The van der Waals surface area contributed by atoms with E-state index in [1.165, 1.54) is 11.9 Å². The average Bonchev–Trinajstić information content (AvgIpc) is 2.67. The molecule has 94 valence electrons. The molecule has 2 aromatic rings. The number of aromatic nitrogens is 2. The van der Waals surface area contributed by atoms with E-state index in [9.17, 15) is 14.4 Å². The van der Waals surface area contributed by atoms with Crippen molar-refractivity contribution in [3.8, 4) is 0 Å². The molecule has 0 aliphatic heterocycles. The topological polar surface area (TPSA) is 112 Å². The number of likely N-dealkylation sites (N-methyl/N-ethyl adjacent to an activating group) is 1. The Morgan fingerprint density at radius 3 is 2.61 bits per heavy atom. The molecule has 0 fully saturated rings. The predicted octanol–water partition coefficient (Wildman–Crippen LogP) is -0.700. The van der Waals surface area contributed by atoms with Crippen LogP contribution in [0.15, 0.2) is 23.0 Å². The summed E-state index contributed by atoms with van der Waals surface area (Å²) in [5.41, 5.74) is 6.74. The third kappa shape index (κ3) is 2.24. The fraction of sp³-hybridized carbons (Fsp3) is 0.182. The number of imidazole rings is 1. The minimum Gasteiger partial charge on any atom is -0.361 e. The number of nitrogens with two attached hydrogens (primary N) is 1. The number of hydrogen-bond acceptors (Lipinski definition) is 3. The largest absolute Gasteiger partial charge is 0.361 e. The summed E-state index contributed by atoms with van der Waals surface area (Å²) in [6.45, 7) is 0.241. The van der Waals surface area contributed by atoms with Crippen LogP contribution in [0, 0.1) is 0 Å². The normalized spacial score (nSPS) is 10.5. The van der Waals surface area contributed by atoms with Gasteiger partial charge in [0.15, 0.2) is 0 Å². The lowest BCUT2D eigenvalue weighted by Gasteiger charge is -2.14. The molecule has 7 nitrogen and oxygen atoms in total. The van der Waals surface area contributed by atoms with Crippen LogP contribution in [0.4, 0.5) is 0 Å². The van der Waals surface area contributed by atoms with Crippen LogP contribution in [-0.4, -0.2) is 33.7 Å². The number of aromatic amines is 2. The van der Waals surface area contributed by atoms with Gasteiger partial charge in [0.05, 0.1) is 11.0 Å². The minimum atomic E-state index is -0.992. The SMILES string of the molecule is CN(Cc1ccc2[nH]c(=O)[nH]c2c1)C(=O)C(N)=O. The maximum Gasteiger partial charge on any atom is 0.323 e. The maximum atomic E-state index is 11.3. The highest BCUT2D eigenvalue weighted by atomic mass is 16.2. The van der Waals surface area contributed by atoms with Gasteiger partial charge in [0, 0.05) is 13.6 Å². The van der Waals surface area contributed by atoms with Crippen LogP contribution in [-0.2, 0) is 16.1 Å². The van der Waals surface area contributed by atoms with Gasteiger partial charge in [-0.1, -0.05) is 6.07 Å². The second-order valence-electron chi connectivity index (χ2n) is 3.98. The van der Waals surface area contributed by atoms with E-state index in [1.54, 1.807) is 18.2 Å². The van der Waals surface area contributed by atoms with Gasteiger partial charge in [-0.25, -0.2) is 4.79 Å². The molecule has 1 aromatic heterocycles. The summed E-state index contributed by atoms with van der Waals surface area (Å²) in [4.78, 5) is 39.6. The van der Waals surface area contributed by atoms with Gasteiger partial charge in [-0.15, -0.1) is 0 Å². The van der Waals surface area contributed by atoms with Crippen LogP contribution in [0.3, 0.4) is 0 Å². The van der Waals surface area contributed by atoms with E-state index in [0.29, 0.717) is 11.0 Å². The smallest absolute Gasteiger partial charge is 0.323 e. The summed E-state index contributed by atoms with van der Waals surface area (Å²) in [6, 6.07) is 5.22. The third-order valence-electron chi connectivity index (χ3n) is 2.56. The Kier molecular flexibility index (Phi) is 2.88. The number of benzene rings is 1. The van der Waals surface area contributed by atoms with Crippen LogP contribution >= 0.6 is 0 Å². The molecule has 0 aliphatic rings. The summed E-state index contributed by atoms with van der Waals surface area (Å²) in [7, 11) is 1.48. The summed E-state index contributed by atoms with van der Waals surface area (Å²) in [6.07, 6.45) is 0. The summed E-state index contributed by atoms with van der Waals surface area (Å²) < 4.78 is 0. The van der Waals surface area contributed by atoms with E-state index in [1.807, 2.05) is 0 Å². The number of nitrogens with zero attached hydrogens (tertiary/aromatic N) is 1. The van der Waals surface area contributed by atoms with Gasteiger partial charge in [-0.05, 0) is 17.7 Å². The molecule has 2 rings (SSSR count). The van der Waals surface area contributed by atoms with E-state index in [-0.39, 0.29) is 12.2 Å². The molecule has 0 unspecified atom stereocenters. The molecule has 4 N–H and O–H groups in total. The van der Waals surface area contributed by atoms with Crippen molar-refractivity contribution in [1.29, 1.82) is 0 Å². The van der Waals surface area contributed by atoms with Crippen molar-refractivity contribution < 1.29 is 9.59 Å². The maximum absolute atomic E-state index is 11.3. The molecule has 1 heterocycles. The standard InChI is InChI=1S/C11H12N4O3/c1-15(10(17)9(12)16)5-6-2-3-7-8(4-6)14-11(18)13-7/h2-4H,5H2,1H3,(H2,12,16)(H2,13,14,18). The Balaban J connectivity index is 2.24. The fourth-order valence-electron chi connectivity index (χ4n) is 1.71. The lowest BCUT2D eigenvalue weighted by Crippen LogP contribution is -2.37. The number of carbonyl (C=O) groups excluding carboxylic acids is 2. The average molecular weight is 248 g/mol. The van der Waals surface area contributed by atoms with Crippen LogP contribution < -0.4 is 11.4 Å².